The molecule has 0 aromatic heterocycles. The summed E-state index contributed by atoms with van der Waals surface area (Å²) in [7, 11) is 1.30. The van der Waals surface area contributed by atoms with Gasteiger partial charge in [-0.15, -0.1) is 0 Å². The number of carbonyl (C=O) groups is 2. The molecular formula is C13H18N2O3. The maximum atomic E-state index is 12.0. The van der Waals surface area contributed by atoms with Crippen LogP contribution < -0.4 is 11.1 Å². The number of ether oxygens (including phenoxy) is 1. The second-order valence-corrected chi connectivity index (χ2v) is 4.34. The van der Waals surface area contributed by atoms with Gasteiger partial charge < -0.3 is 15.8 Å². The predicted octanol–water partition coefficient (Wildman–Crippen LogP) is 1.20. The van der Waals surface area contributed by atoms with Crippen LogP contribution in [0.1, 0.15) is 24.2 Å². The standard InChI is InChI=1S/C13H18N2O3/c1-8(2)11(13(17)18-3)15-12(16)9-5-4-6-10(14)7-9/h4-8,11H,14H2,1-3H3,(H,15,16)/t11-/m0/s1. The van der Waals surface area contributed by atoms with Crippen LogP contribution in [0, 0.1) is 5.92 Å². The number of esters is 1. The first-order chi connectivity index (χ1) is 8.45. The Hall–Kier alpha value is -2.04. The topological polar surface area (TPSA) is 81.4 Å². The Morgan fingerprint density at radius 3 is 2.50 bits per heavy atom. The smallest absolute Gasteiger partial charge is 0.328 e. The number of nitrogens with one attached hydrogen (secondary N) is 1. The van der Waals surface area contributed by atoms with Gasteiger partial charge in [-0.25, -0.2) is 4.79 Å². The van der Waals surface area contributed by atoms with Gasteiger partial charge in [0.1, 0.15) is 6.04 Å². The predicted molar refractivity (Wildman–Crippen MR) is 69.0 cm³/mol. The SMILES string of the molecule is COC(=O)[C@@H](NC(=O)c1cccc(N)c1)C(C)C. The number of methoxy groups -OCH3 is 1. The maximum Gasteiger partial charge on any atom is 0.328 e. The lowest BCUT2D eigenvalue weighted by molar-refractivity contribution is -0.144. The van der Waals surface area contributed by atoms with E-state index in [1.54, 1.807) is 24.3 Å². The monoisotopic (exact) mass is 250 g/mol. The highest BCUT2D eigenvalue weighted by Gasteiger charge is 2.25. The summed E-state index contributed by atoms with van der Waals surface area (Å²) in [6, 6.07) is 5.91. The van der Waals surface area contributed by atoms with Crippen molar-refractivity contribution >= 4 is 17.6 Å². The van der Waals surface area contributed by atoms with Gasteiger partial charge in [0.15, 0.2) is 0 Å². The van der Waals surface area contributed by atoms with Crippen LogP contribution in [0.5, 0.6) is 0 Å². The van der Waals surface area contributed by atoms with Crippen molar-refractivity contribution in [3.63, 3.8) is 0 Å². The van der Waals surface area contributed by atoms with E-state index in [-0.39, 0.29) is 11.8 Å². The number of benzene rings is 1. The van der Waals surface area contributed by atoms with Crippen LogP contribution in [0.3, 0.4) is 0 Å². The van der Waals surface area contributed by atoms with Crippen LogP contribution in [0.25, 0.3) is 0 Å². The highest BCUT2D eigenvalue weighted by Crippen LogP contribution is 2.09. The van der Waals surface area contributed by atoms with Crippen LogP contribution in [0.15, 0.2) is 24.3 Å². The molecule has 0 aliphatic heterocycles. The number of amides is 1. The van der Waals surface area contributed by atoms with Gasteiger partial charge in [-0.2, -0.15) is 0 Å². The Bertz CT molecular complexity index is 444. The Balaban J connectivity index is 2.82. The molecule has 3 N–H and O–H groups in total. The number of nitrogen functional groups attached to an aromatic ring is 1. The minimum absolute atomic E-state index is 0.0533. The van der Waals surface area contributed by atoms with Gasteiger partial charge in [0, 0.05) is 11.3 Å². The molecule has 1 aromatic carbocycles. The molecule has 1 atom stereocenters. The summed E-state index contributed by atoms with van der Waals surface area (Å²) in [5.74, 6) is -0.851. The highest BCUT2D eigenvalue weighted by atomic mass is 16.5. The van der Waals surface area contributed by atoms with E-state index in [0.29, 0.717) is 11.3 Å². The number of hydrogen-bond donors (Lipinski definition) is 2. The molecule has 0 aliphatic carbocycles. The lowest BCUT2D eigenvalue weighted by Gasteiger charge is -2.19. The first-order valence-corrected chi connectivity index (χ1v) is 5.70. The zero-order valence-electron chi connectivity index (χ0n) is 10.8. The van der Waals surface area contributed by atoms with E-state index < -0.39 is 12.0 Å². The summed E-state index contributed by atoms with van der Waals surface area (Å²) in [5, 5.41) is 2.64. The second-order valence-electron chi connectivity index (χ2n) is 4.34. The molecule has 0 radical (unpaired) electrons. The number of hydrogen-bond acceptors (Lipinski definition) is 4. The third-order valence-corrected chi connectivity index (χ3v) is 2.56. The fourth-order valence-electron chi connectivity index (χ4n) is 1.53. The first-order valence-electron chi connectivity index (χ1n) is 5.70. The second kappa shape index (κ2) is 6.05. The molecule has 0 fully saturated rings. The third kappa shape index (κ3) is 3.48. The van der Waals surface area contributed by atoms with Crippen LogP contribution in [0.4, 0.5) is 5.69 Å². The minimum atomic E-state index is -0.663. The Morgan fingerprint density at radius 1 is 1.33 bits per heavy atom. The van der Waals surface area contributed by atoms with E-state index in [9.17, 15) is 9.59 Å². The van der Waals surface area contributed by atoms with Crippen LogP contribution >= 0.6 is 0 Å². The average molecular weight is 250 g/mol. The summed E-state index contributed by atoms with van der Waals surface area (Å²) in [6.07, 6.45) is 0. The van der Waals surface area contributed by atoms with Crippen LogP contribution in [0.2, 0.25) is 0 Å². The molecule has 5 heteroatoms. The molecule has 0 saturated heterocycles. The fourth-order valence-corrected chi connectivity index (χ4v) is 1.53. The van der Waals surface area contributed by atoms with E-state index in [1.807, 2.05) is 13.8 Å². The summed E-state index contributed by atoms with van der Waals surface area (Å²) < 4.78 is 4.66. The van der Waals surface area contributed by atoms with Gasteiger partial charge in [-0.3, -0.25) is 4.79 Å². The summed E-state index contributed by atoms with van der Waals surface area (Å²) in [6.45, 7) is 3.67. The molecule has 0 unspecified atom stereocenters. The van der Waals surface area contributed by atoms with E-state index in [2.05, 4.69) is 10.1 Å². The summed E-state index contributed by atoms with van der Waals surface area (Å²) in [4.78, 5) is 23.5. The summed E-state index contributed by atoms with van der Waals surface area (Å²) in [5.41, 5.74) is 6.52. The van der Waals surface area contributed by atoms with Crippen LogP contribution in [-0.2, 0) is 9.53 Å². The highest BCUT2D eigenvalue weighted by molar-refractivity contribution is 5.97. The zero-order chi connectivity index (χ0) is 13.7. The normalized spacial score (nSPS) is 12.0. The number of carbonyl (C=O) groups excluding carboxylic acids is 2. The molecule has 0 heterocycles. The van der Waals surface area contributed by atoms with E-state index in [1.165, 1.54) is 7.11 Å². The zero-order valence-corrected chi connectivity index (χ0v) is 10.8. The van der Waals surface area contributed by atoms with Crippen molar-refractivity contribution in [1.29, 1.82) is 0 Å². The van der Waals surface area contributed by atoms with E-state index >= 15 is 0 Å². The van der Waals surface area contributed by atoms with Crippen molar-refractivity contribution in [2.45, 2.75) is 19.9 Å². The lowest BCUT2D eigenvalue weighted by atomic mass is 10.0. The molecule has 98 valence electrons. The first kappa shape index (κ1) is 14.0. The largest absolute Gasteiger partial charge is 0.467 e. The van der Waals surface area contributed by atoms with Crippen molar-refractivity contribution in [1.82, 2.24) is 5.32 Å². The van der Waals surface area contributed by atoms with Gasteiger partial charge in [0.2, 0.25) is 0 Å². The van der Waals surface area contributed by atoms with Crippen molar-refractivity contribution in [2.24, 2.45) is 5.92 Å². The Kier molecular flexibility index (Phi) is 4.71. The quantitative estimate of drug-likeness (QED) is 0.621. The fraction of sp³-hybridized carbons (Fsp3) is 0.385. The molecule has 0 aliphatic rings. The van der Waals surface area contributed by atoms with Gasteiger partial charge >= 0.3 is 5.97 Å². The molecule has 0 saturated carbocycles. The molecule has 18 heavy (non-hydrogen) atoms. The molecule has 5 nitrogen and oxygen atoms in total. The molecular weight excluding hydrogens is 232 g/mol. The maximum absolute atomic E-state index is 12.0. The molecule has 1 rings (SSSR count). The molecule has 0 bridgehead atoms. The van der Waals surface area contributed by atoms with Crippen molar-refractivity contribution in [3.05, 3.63) is 29.8 Å². The Morgan fingerprint density at radius 2 is 2.00 bits per heavy atom. The number of anilines is 1. The van der Waals surface area contributed by atoms with Crippen molar-refractivity contribution < 1.29 is 14.3 Å². The molecule has 0 spiro atoms. The number of nitrogens with two attached hydrogens (primary N) is 1. The van der Waals surface area contributed by atoms with Crippen molar-refractivity contribution in [2.75, 3.05) is 12.8 Å². The van der Waals surface area contributed by atoms with E-state index in [0.717, 1.165) is 0 Å². The minimum Gasteiger partial charge on any atom is -0.467 e. The third-order valence-electron chi connectivity index (χ3n) is 2.56. The average Bonchev–Trinajstić information content (AvgIpc) is 2.34. The van der Waals surface area contributed by atoms with Gasteiger partial charge in [-0.1, -0.05) is 19.9 Å². The number of rotatable bonds is 4. The van der Waals surface area contributed by atoms with E-state index in [4.69, 9.17) is 5.73 Å². The van der Waals surface area contributed by atoms with Crippen LogP contribution in [-0.4, -0.2) is 25.0 Å². The van der Waals surface area contributed by atoms with Gasteiger partial charge in [0.25, 0.3) is 5.91 Å². The molecule has 1 aromatic rings. The van der Waals surface area contributed by atoms with Gasteiger partial charge in [0.05, 0.1) is 7.11 Å². The molecule has 1 amide bonds. The summed E-state index contributed by atoms with van der Waals surface area (Å²) >= 11 is 0. The Labute approximate surface area is 106 Å². The van der Waals surface area contributed by atoms with Gasteiger partial charge in [-0.05, 0) is 24.1 Å². The van der Waals surface area contributed by atoms with Crippen molar-refractivity contribution in [3.8, 4) is 0 Å². The lowest BCUT2D eigenvalue weighted by Crippen LogP contribution is -2.45.